The predicted molar refractivity (Wildman–Crippen MR) is 124 cm³/mol. The summed E-state index contributed by atoms with van der Waals surface area (Å²) in [5.41, 5.74) is 0.353. The van der Waals surface area contributed by atoms with Gasteiger partial charge in [0.25, 0.3) is 5.56 Å². The van der Waals surface area contributed by atoms with Crippen molar-refractivity contribution >= 4 is 28.3 Å². The minimum atomic E-state index is -4.64. The molecule has 0 amide bonds. The van der Waals surface area contributed by atoms with Crippen molar-refractivity contribution in [2.45, 2.75) is 19.3 Å². The highest BCUT2D eigenvalue weighted by molar-refractivity contribution is 6.30. The molecular formula is C23H19ClF4N6O2. The van der Waals surface area contributed by atoms with Gasteiger partial charge in [-0.05, 0) is 25.1 Å². The van der Waals surface area contributed by atoms with Gasteiger partial charge in [0.15, 0.2) is 0 Å². The van der Waals surface area contributed by atoms with Crippen LogP contribution in [0.25, 0.3) is 22.2 Å². The van der Waals surface area contributed by atoms with Crippen LogP contribution in [0.5, 0.6) is 0 Å². The molecule has 0 radical (unpaired) electrons. The molecule has 1 saturated heterocycles. The van der Waals surface area contributed by atoms with Gasteiger partial charge in [0.05, 0.1) is 29.4 Å². The van der Waals surface area contributed by atoms with Crippen LogP contribution in [0.4, 0.5) is 23.4 Å². The Morgan fingerprint density at radius 2 is 1.97 bits per heavy atom. The number of fused-ring (bicyclic) bond motifs is 1. The van der Waals surface area contributed by atoms with Crippen LogP contribution in [-0.4, -0.2) is 44.0 Å². The van der Waals surface area contributed by atoms with Gasteiger partial charge in [0, 0.05) is 48.5 Å². The predicted octanol–water partition coefficient (Wildman–Crippen LogP) is 4.35. The number of hydrogen-bond acceptors (Lipinski definition) is 6. The van der Waals surface area contributed by atoms with Gasteiger partial charge in [-0.1, -0.05) is 11.6 Å². The van der Waals surface area contributed by atoms with E-state index in [4.69, 9.17) is 16.3 Å². The van der Waals surface area contributed by atoms with Crippen molar-refractivity contribution in [2.75, 3.05) is 24.6 Å². The first-order chi connectivity index (χ1) is 17.0. The quantitative estimate of drug-likeness (QED) is 0.372. The number of morpholine rings is 1. The SMILES string of the molecule is Cc1nc2cc(N3CCO[C@@H](c4cnn(C(F)(F)F)c4)C3)nc(-c3ccc(Cl)cc3F)c2c(=O)n1C. The van der Waals surface area contributed by atoms with Crippen molar-refractivity contribution in [3.63, 3.8) is 0 Å². The summed E-state index contributed by atoms with van der Waals surface area (Å²) in [6, 6.07) is 5.68. The lowest BCUT2D eigenvalue weighted by Crippen LogP contribution is -2.39. The van der Waals surface area contributed by atoms with Gasteiger partial charge >= 0.3 is 6.30 Å². The first-order valence-electron chi connectivity index (χ1n) is 10.8. The lowest BCUT2D eigenvalue weighted by Gasteiger charge is -2.33. The number of ether oxygens (including phenoxy) is 1. The van der Waals surface area contributed by atoms with Crippen LogP contribution in [0.3, 0.4) is 0 Å². The summed E-state index contributed by atoms with van der Waals surface area (Å²) < 4.78 is 60.9. The Morgan fingerprint density at radius 1 is 1.19 bits per heavy atom. The Balaban J connectivity index is 1.61. The van der Waals surface area contributed by atoms with E-state index in [1.165, 1.54) is 16.7 Å². The fourth-order valence-corrected chi connectivity index (χ4v) is 4.28. The Kier molecular flexibility index (Phi) is 5.95. The summed E-state index contributed by atoms with van der Waals surface area (Å²) >= 11 is 5.92. The number of anilines is 1. The summed E-state index contributed by atoms with van der Waals surface area (Å²) in [6.07, 6.45) is -3.36. The molecule has 1 aromatic carbocycles. The van der Waals surface area contributed by atoms with Gasteiger partial charge in [-0.25, -0.2) is 14.4 Å². The van der Waals surface area contributed by atoms with Crippen LogP contribution in [0.2, 0.25) is 5.02 Å². The lowest BCUT2D eigenvalue weighted by atomic mass is 10.1. The summed E-state index contributed by atoms with van der Waals surface area (Å²) in [5.74, 6) is 0.172. The molecule has 0 bridgehead atoms. The largest absolute Gasteiger partial charge is 0.504 e. The van der Waals surface area contributed by atoms with Crippen LogP contribution in [0.1, 0.15) is 17.5 Å². The molecule has 5 rings (SSSR count). The fourth-order valence-electron chi connectivity index (χ4n) is 4.12. The van der Waals surface area contributed by atoms with Gasteiger partial charge in [0.1, 0.15) is 23.6 Å². The van der Waals surface area contributed by atoms with Gasteiger partial charge < -0.3 is 9.64 Å². The minimum absolute atomic E-state index is 0.0743. The third-order valence-corrected chi connectivity index (χ3v) is 6.32. The van der Waals surface area contributed by atoms with Gasteiger partial charge in [-0.3, -0.25) is 9.36 Å². The molecule has 3 aromatic heterocycles. The zero-order valence-corrected chi connectivity index (χ0v) is 19.8. The van der Waals surface area contributed by atoms with E-state index in [-0.39, 0.29) is 50.6 Å². The molecule has 1 aliphatic rings. The van der Waals surface area contributed by atoms with Crippen LogP contribution in [0.15, 0.2) is 41.5 Å². The second kappa shape index (κ2) is 8.86. The Labute approximate surface area is 206 Å². The number of rotatable bonds is 3. The monoisotopic (exact) mass is 522 g/mol. The number of pyridine rings is 1. The molecule has 188 valence electrons. The lowest BCUT2D eigenvalue weighted by molar-refractivity contribution is -0.212. The maximum atomic E-state index is 14.9. The zero-order chi connectivity index (χ0) is 25.8. The highest BCUT2D eigenvalue weighted by atomic mass is 35.5. The van der Waals surface area contributed by atoms with Crippen molar-refractivity contribution in [2.24, 2.45) is 7.05 Å². The molecule has 36 heavy (non-hydrogen) atoms. The van der Waals surface area contributed by atoms with Crippen molar-refractivity contribution in [3.05, 3.63) is 69.2 Å². The van der Waals surface area contributed by atoms with Crippen LogP contribution in [0, 0.1) is 12.7 Å². The summed E-state index contributed by atoms with van der Waals surface area (Å²) in [7, 11) is 1.56. The van der Waals surface area contributed by atoms with E-state index >= 15 is 0 Å². The maximum Gasteiger partial charge on any atom is 0.504 e. The molecule has 13 heteroatoms. The minimum Gasteiger partial charge on any atom is -0.370 e. The Bertz CT molecular complexity index is 1530. The first kappa shape index (κ1) is 24.2. The molecule has 0 N–H and O–H groups in total. The molecule has 0 spiro atoms. The van der Waals surface area contributed by atoms with Crippen molar-refractivity contribution in [3.8, 4) is 11.3 Å². The topological polar surface area (TPSA) is 78.1 Å². The van der Waals surface area contributed by atoms with Crippen LogP contribution >= 0.6 is 11.6 Å². The molecule has 1 fully saturated rings. The number of halogens is 5. The number of hydrogen-bond donors (Lipinski definition) is 0. The van der Waals surface area contributed by atoms with Gasteiger partial charge in [-0.2, -0.15) is 9.78 Å². The molecule has 1 atom stereocenters. The first-order valence-corrected chi connectivity index (χ1v) is 11.2. The fraction of sp³-hybridized carbons (Fsp3) is 0.304. The summed E-state index contributed by atoms with van der Waals surface area (Å²) in [4.78, 5) is 24.1. The van der Waals surface area contributed by atoms with Gasteiger partial charge in [-0.15, -0.1) is 13.2 Å². The number of aryl methyl sites for hydroxylation is 1. The van der Waals surface area contributed by atoms with Crippen LogP contribution in [-0.2, 0) is 18.1 Å². The third kappa shape index (κ3) is 4.30. The summed E-state index contributed by atoms with van der Waals surface area (Å²) in [6.45, 7) is 2.41. The van der Waals surface area contributed by atoms with Crippen LogP contribution < -0.4 is 10.5 Å². The normalized spacial score (nSPS) is 16.6. The van der Waals surface area contributed by atoms with Crippen molar-refractivity contribution in [1.82, 2.24) is 24.3 Å². The van der Waals surface area contributed by atoms with Crippen molar-refractivity contribution in [1.29, 1.82) is 0 Å². The van der Waals surface area contributed by atoms with E-state index in [1.807, 2.05) is 0 Å². The maximum absolute atomic E-state index is 14.9. The molecule has 1 aliphatic heterocycles. The van der Waals surface area contributed by atoms with E-state index in [0.717, 1.165) is 18.5 Å². The number of benzene rings is 1. The molecule has 0 aliphatic carbocycles. The average molecular weight is 523 g/mol. The highest BCUT2D eigenvalue weighted by Crippen LogP contribution is 2.33. The van der Waals surface area contributed by atoms with E-state index in [1.54, 1.807) is 24.9 Å². The third-order valence-electron chi connectivity index (χ3n) is 6.08. The Hall–Kier alpha value is -3.51. The smallest absolute Gasteiger partial charge is 0.370 e. The molecule has 0 saturated carbocycles. The molecule has 4 heterocycles. The Morgan fingerprint density at radius 3 is 2.67 bits per heavy atom. The zero-order valence-electron chi connectivity index (χ0n) is 19.1. The summed E-state index contributed by atoms with van der Waals surface area (Å²) in [5, 5.41) is 3.71. The van der Waals surface area contributed by atoms with E-state index < -0.39 is 18.2 Å². The number of aromatic nitrogens is 5. The standard InChI is InChI=1S/C23H19ClF4N6O2/c1-12-30-17-8-19(33-5-6-36-18(11-33)13-9-29-34(10-13)23(26,27)28)31-21(20(17)22(35)32(12)2)15-4-3-14(24)7-16(15)25/h3-4,7-10,18H,5-6,11H2,1-2H3/t18-/m1/s1. The second-order valence-electron chi connectivity index (χ2n) is 8.36. The second-order valence-corrected chi connectivity index (χ2v) is 8.80. The number of alkyl halides is 3. The highest BCUT2D eigenvalue weighted by Gasteiger charge is 2.33. The molecular weight excluding hydrogens is 504 g/mol. The average Bonchev–Trinajstić information content (AvgIpc) is 3.33. The number of nitrogens with zero attached hydrogens (tertiary/aromatic N) is 6. The van der Waals surface area contributed by atoms with Gasteiger partial charge in [0.2, 0.25) is 0 Å². The van der Waals surface area contributed by atoms with E-state index in [9.17, 15) is 22.4 Å². The molecule has 8 nitrogen and oxygen atoms in total. The molecule has 4 aromatic rings. The molecule has 0 unspecified atom stereocenters. The van der Waals surface area contributed by atoms with E-state index in [0.29, 0.717) is 23.7 Å². The van der Waals surface area contributed by atoms with E-state index in [2.05, 4.69) is 15.1 Å². The van der Waals surface area contributed by atoms with Crippen molar-refractivity contribution < 1.29 is 22.3 Å².